The second kappa shape index (κ2) is 7.12. The molecule has 0 bridgehead atoms. The van der Waals surface area contributed by atoms with Gasteiger partial charge in [-0.25, -0.2) is 0 Å². The van der Waals surface area contributed by atoms with Gasteiger partial charge in [-0.3, -0.25) is 14.1 Å². The van der Waals surface area contributed by atoms with Gasteiger partial charge in [-0.2, -0.15) is 8.42 Å². The van der Waals surface area contributed by atoms with E-state index in [0.717, 1.165) is 0 Å². The van der Waals surface area contributed by atoms with Gasteiger partial charge in [0.25, 0.3) is 10.1 Å². The molecule has 0 unspecified atom stereocenters. The Morgan fingerprint density at radius 1 is 0.818 bits per heavy atom. The molecule has 0 saturated carbocycles. The summed E-state index contributed by atoms with van der Waals surface area (Å²) in [5.74, 6) is -3.97. The highest BCUT2D eigenvalue weighted by atomic mass is 32.2. The summed E-state index contributed by atoms with van der Waals surface area (Å²) in [6, 6.07) is 5.91. The molecule has 4 rings (SSSR count). The Balaban J connectivity index is 2.03. The maximum Gasteiger partial charge on any atom is 0.298 e. The number of nitrogen functional groups attached to an aromatic ring is 2. The summed E-state index contributed by atoms with van der Waals surface area (Å²) in [6.07, 6.45) is 0. The average Bonchev–Trinajstić information content (AvgIpc) is 2.74. The van der Waals surface area contributed by atoms with E-state index in [0.29, 0.717) is 11.6 Å². The summed E-state index contributed by atoms with van der Waals surface area (Å²) >= 11 is 0. The summed E-state index contributed by atoms with van der Waals surface area (Å²) in [5, 5.41) is 31.1. The number of ether oxygens (including phenoxy) is 1. The van der Waals surface area contributed by atoms with Crippen molar-refractivity contribution in [3.8, 4) is 34.1 Å². The molecule has 0 radical (unpaired) electrons. The van der Waals surface area contributed by atoms with E-state index in [9.17, 15) is 37.9 Å². The molecule has 0 fully saturated rings. The predicted octanol–water partition coefficient (Wildman–Crippen LogP) is 1.67. The maximum atomic E-state index is 13.3. The highest BCUT2D eigenvalue weighted by Gasteiger charge is 2.40. The number of carbonyl (C=O) groups is 2. The molecule has 3 aromatic rings. The lowest BCUT2D eigenvalue weighted by molar-refractivity contribution is 0.0975. The van der Waals surface area contributed by atoms with Gasteiger partial charge < -0.3 is 31.5 Å². The fourth-order valence-corrected chi connectivity index (χ4v) is 4.43. The standard InChI is InChI=1S/C21H16N2O9S/c1-32-12-4-7(2-3-11(12)24)8-5-9(22)14-16(18(8)25)20(27)15-10(23)6-13(33(29,30)31)19(26)17(15)21(14)28/h2-6,24-26H,22-23H2,1H3,(H,29,30,31). The quantitative estimate of drug-likeness (QED) is 0.143. The van der Waals surface area contributed by atoms with Crippen LogP contribution in [0.25, 0.3) is 11.1 Å². The number of aromatic hydroxyl groups is 3. The molecule has 0 aliphatic heterocycles. The topological polar surface area (TPSA) is 210 Å². The Morgan fingerprint density at radius 3 is 1.91 bits per heavy atom. The van der Waals surface area contributed by atoms with Crippen molar-refractivity contribution in [1.82, 2.24) is 0 Å². The lowest BCUT2D eigenvalue weighted by Crippen LogP contribution is -2.25. The SMILES string of the molecule is COc1cc(-c2cc(N)c3c(c2O)C(=O)c2c(N)cc(S(=O)(=O)O)c(O)c2C3=O)ccc1O. The molecule has 1 aliphatic carbocycles. The molecule has 11 nitrogen and oxygen atoms in total. The number of hydrogen-bond acceptors (Lipinski definition) is 10. The van der Waals surface area contributed by atoms with E-state index in [1.165, 1.54) is 31.4 Å². The van der Waals surface area contributed by atoms with Crippen LogP contribution in [0, 0.1) is 0 Å². The van der Waals surface area contributed by atoms with Gasteiger partial charge in [0.05, 0.1) is 29.4 Å². The first kappa shape index (κ1) is 21.9. The minimum absolute atomic E-state index is 0.0338. The monoisotopic (exact) mass is 472 g/mol. The lowest BCUT2D eigenvalue weighted by atomic mass is 9.80. The van der Waals surface area contributed by atoms with Crippen LogP contribution in [-0.2, 0) is 10.1 Å². The van der Waals surface area contributed by atoms with Crippen molar-refractivity contribution < 1.29 is 42.6 Å². The number of hydrogen-bond donors (Lipinski definition) is 6. The predicted molar refractivity (Wildman–Crippen MR) is 115 cm³/mol. The first-order chi connectivity index (χ1) is 15.4. The number of phenolic OH excluding ortho intramolecular Hbond substituents is 3. The molecule has 1 aliphatic rings. The summed E-state index contributed by atoms with van der Waals surface area (Å²) < 4.78 is 37.5. The number of benzene rings is 3. The minimum atomic E-state index is -4.99. The Morgan fingerprint density at radius 2 is 1.36 bits per heavy atom. The highest BCUT2D eigenvalue weighted by Crippen LogP contribution is 2.47. The van der Waals surface area contributed by atoms with Crippen molar-refractivity contribution in [3.63, 3.8) is 0 Å². The smallest absolute Gasteiger partial charge is 0.298 e. The van der Waals surface area contributed by atoms with Gasteiger partial charge in [-0.05, 0) is 29.8 Å². The van der Waals surface area contributed by atoms with Crippen LogP contribution >= 0.6 is 0 Å². The number of fused-ring (bicyclic) bond motifs is 2. The Hall–Kier alpha value is -4.29. The summed E-state index contributed by atoms with van der Waals surface area (Å²) in [5.41, 5.74) is 9.09. The van der Waals surface area contributed by atoms with Crippen LogP contribution in [0.5, 0.6) is 23.0 Å². The zero-order valence-electron chi connectivity index (χ0n) is 16.8. The molecule has 0 heterocycles. The first-order valence-electron chi connectivity index (χ1n) is 9.13. The Kier molecular flexibility index (Phi) is 4.73. The molecule has 0 aromatic heterocycles. The van der Waals surface area contributed by atoms with Crippen LogP contribution in [0.3, 0.4) is 0 Å². The van der Waals surface area contributed by atoms with Gasteiger partial charge >= 0.3 is 0 Å². The molecule has 0 saturated heterocycles. The first-order valence-corrected chi connectivity index (χ1v) is 10.6. The minimum Gasteiger partial charge on any atom is -0.506 e. The van der Waals surface area contributed by atoms with Gasteiger partial charge in [0.2, 0.25) is 11.6 Å². The number of carbonyl (C=O) groups excluding carboxylic acids is 2. The van der Waals surface area contributed by atoms with Crippen molar-refractivity contribution >= 4 is 33.1 Å². The molecule has 33 heavy (non-hydrogen) atoms. The third kappa shape index (κ3) is 3.11. The number of phenols is 3. The van der Waals surface area contributed by atoms with Crippen molar-refractivity contribution in [3.05, 3.63) is 52.6 Å². The van der Waals surface area contributed by atoms with Crippen LogP contribution in [-0.4, -0.2) is 47.0 Å². The number of anilines is 2. The Bertz CT molecular complexity index is 1510. The van der Waals surface area contributed by atoms with Crippen molar-refractivity contribution in [2.45, 2.75) is 4.90 Å². The summed E-state index contributed by atoms with van der Waals surface area (Å²) in [4.78, 5) is 25.4. The maximum absolute atomic E-state index is 13.3. The third-order valence-electron chi connectivity index (χ3n) is 5.30. The molecule has 0 atom stereocenters. The second-order valence-electron chi connectivity index (χ2n) is 7.19. The van der Waals surface area contributed by atoms with Gasteiger partial charge in [0, 0.05) is 16.9 Å². The largest absolute Gasteiger partial charge is 0.506 e. The van der Waals surface area contributed by atoms with E-state index in [1.54, 1.807) is 0 Å². The number of ketones is 2. The lowest BCUT2D eigenvalue weighted by Gasteiger charge is -2.24. The highest BCUT2D eigenvalue weighted by molar-refractivity contribution is 7.86. The van der Waals surface area contributed by atoms with Gasteiger partial charge in [-0.15, -0.1) is 0 Å². The van der Waals surface area contributed by atoms with E-state index >= 15 is 0 Å². The zero-order chi connectivity index (χ0) is 24.4. The fraction of sp³-hybridized carbons (Fsp3) is 0.0476. The molecule has 0 spiro atoms. The normalized spacial score (nSPS) is 12.9. The fourth-order valence-electron chi connectivity index (χ4n) is 3.80. The van der Waals surface area contributed by atoms with E-state index in [-0.39, 0.29) is 22.7 Å². The average molecular weight is 472 g/mol. The molecular weight excluding hydrogens is 456 g/mol. The van der Waals surface area contributed by atoms with Crippen molar-refractivity contribution in [2.24, 2.45) is 0 Å². The number of methoxy groups -OCH3 is 1. The van der Waals surface area contributed by atoms with E-state index < -0.39 is 66.0 Å². The van der Waals surface area contributed by atoms with E-state index in [2.05, 4.69) is 0 Å². The van der Waals surface area contributed by atoms with E-state index in [4.69, 9.17) is 16.2 Å². The molecule has 8 N–H and O–H groups in total. The van der Waals surface area contributed by atoms with Crippen LogP contribution in [0.15, 0.2) is 35.2 Å². The van der Waals surface area contributed by atoms with Crippen LogP contribution in [0.4, 0.5) is 11.4 Å². The van der Waals surface area contributed by atoms with Crippen LogP contribution in [0.2, 0.25) is 0 Å². The molecular formula is C21H16N2O9S. The zero-order valence-corrected chi connectivity index (χ0v) is 17.6. The Labute approximate surface area is 186 Å². The molecule has 12 heteroatoms. The van der Waals surface area contributed by atoms with E-state index in [1.807, 2.05) is 0 Å². The van der Waals surface area contributed by atoms with Crippen LogP contribution in [0.1, 0.15) is 31.8 Å². The number of nitrogens with two attached hydrogens (primary N) is 2. The van der Waals surface area contributed by atoms with Crippen molar-refractivity contribution in [1.29, 1.82) is 0 Å². The molecule has 0 amide bonds. The molecule has 3 aromatic carbocycles. The van der Waals surface area contributed by atoms with Gasteiger partial charge in [0.1, 0.15) is 16.4 Å². The van der Waals surface area contributed by atoms with Gasteiger partial charge in [-0.1, -0.05) is 6.07 Å². The van der Waals surface area contributed by atoms with Gasteiger partial charge in [0.15, 0.2) is 11.5 Å². The summed E-state index contributed by atoms with van der Waals surface area (Å²) in [6.45, 7) is 0. The van der Waals surface area contributed by atoms with Crippen molar-refractivity contribution in [2.75, 3.05) is 18.6 Å². The summed E-state index contributed by atoms with van der Waals surface area (Å²) in [7, 11) is -3.67. The molecule has 170 valence electrons. The third-order valence-corrected chi connectivity index (χ3v) is 6.17. The second-order valence-corrected chi connectivity index (χ2v) is 8.58. The van der Waals surface area contributed by atoms with Crippen LogP contribution < -0.4 is 16.2 Å². The number of rotatable bonds is 3.